The van der Waals surface area contributed by atoms with E-state index in [4.69, 9.17) is 14.5 Å². The van der Waals surface area contributed by atoms with Gasteiger partial charge in [-0.25, -0.2) is 14.8 Å². The molecule has 0 aliphatic heterocycles. The molecule has 3 aromatic rings. The molecular formula is C30H49IN6O4SSi. The number of nitrogens with one attached hydrogen (secondary N) is 1. The number of aliphatic hydroxyl groups excluding tert-OH is 1. The Balaban J connectivity index is 1.94. The molecule has 13 heteroatoms. The molecule has 0 saturated carbocycles. The fourth-order valence-electron chi connectivity index (χ4n) is 4.48. The third kappa shape index (κ3) is 9.84. The number of thiazole rings is 1. The fraction of sp³-hybridized carbons (Fsp3) is 0.667. The first-order chi connectivity index (χ1) is 20.0. The molecule has 0 saturated heterocycles. The largest absolute Gasteiger partial charge is 0.444 e. The van der Waals surface area contributed by atoms with Crippen molar-refractivity contribution in [2.45, 2.75) is 117 Å². The number of carbonyl (C=O) groups is 1. The van der Waals surface area contributed by atoms with Gasteiger partial charge in [0.05, 0.1) is 25.9 Å². The van der Waals surface area contributed by atoms with Crippen molar-refractivity contribution in [3.8, 4) is 10.4 Å². The predicted molar refractivity (Wildman–Crippen MR) is 186 cm³/mol. The molecule has 3 aromatic heterocycles. The van der Waals surface area contributed by atoms with Crippen molar-refractivity contribution in [2.24, 2.45) is 0 Å². The number of anilines is 1. The van der Waals surface area contributed by atoms with Crippen LogP contribution in [0, 0.1) is 3.57 Å². The Morgan fingerprint density at radius 2 is 1.91 bits per heavy atom. The average Bonchev–Trinajstić information content (AvgIpc) is 3.54. The van der Waals surface area contributed by atoms with Gasteiger partial charge in [0.15, 0.2) is 5.65 Å². The SMILES string of the molecule is CC[C@H](C)N(C(=O)OC(C)(C)C)[C@H](C)CCc1nc2c(-c3cnc(C(C)O)s3)cnn2c(NCOCC[Si](C)(C)C)c1I. The second-order valence-electron chi connectivity index (χ2n) is 13.3. The number of carbonyl (C=O) groups excluding carboxylic acids is 1. The van der Waals surface area contributed by atoms with Crippen molar-refractivity contribution in [2.75, 3.05) is 18.7 Å². The van der Waals surface area contributed by atoms with Crippen LogP contribution >= 0.6 is 33.9 Å². The van der Waals surface area contributed by atoms with Crippen LogP contribution in [-0.2, 0) is 15.9 Å². The molecule has 0 bridgehead atoms. The first-order valence-electron chi connectivity index (χ1n) is 15.1. The van der Waals surface area contributed by atoms with E-state index in [1.54, 1.807) is 19.3 Å². The number of amides is 1. The summed E-state index contributed by atoms with van der Waals surface area (Å²) in [6.07, 6.45) is 4.84. The number of aliphatic hydroxyl groups is 1. The average molecular weight is 745 g/mol. The highest BCUT2D eigenvalue weighted by Crippen LogP contribution is 2.34. The summed E-state index contributed by atoms with van der Waals surface area (Å²) in [7, 11) is -1.20. The van der Waals surface area contributed by atoms with Crippen LogP contribution in [0.1, 0.15) is 78.1 Å². The summed E-state index contributed by atoms with van der Waals surface area (Å²) in [5.41, 5.74) is 1.91. The third-order valence-electron chi connectivity index (χ3n) is 7.09. The van der Waals surface area contributed by atoms with Gasteiger partial charge in [0.1, 0.15) is 29.3 Å². The zero-order chi connectivity index (χ0) is 32.1. The van der Waals surface area contributed by atoms with Crippen LogP contribution in [0.2, 0.25) is 25.7 Å². The zero-order valence-electron chi connectivity index (χ0n) is 27.3. The summed E-state index contributed by atoms with van der Waals surface area (Å²) in [6, 6.07) is 1.08. The van der Waals surface area contributed by atoms with Gasteiger partial charge < -0.3 is 24.8 Å². The van der Waals surface area contributed by atoms with Crippen molar-refractivity contribution >= 4 is 59.6 Å². The highest BCUT2D eigenvalue weighted by molar-refractivity contribution is 14.1. The zero-order valence-corrected chi connectivity index (χ0v) is 31.3. The van der Waals surface area contributed by atoms with Gasteiger partial charge in [-0.3, -0.25) is 0 Å². The molecule has 0 spiro atoms. The number of halogens is 1. The maximum absolute atomic E-state index is 13.2. The second-order valence-corrected chi connectivity index (χ2v) is 21.1. The van der Waals surface area contributed by atoms with Gasteiger partial charge in [0.25, 0.3) is 0 Å². The van der Waals surface area contributed by atoms with Crippen LogP contribution < -0.4 is 5.32 Å². The first kappa shape index (κ1) is 35.7. The van der Waals surface area contributed by atoms with Gasteiger partial charge >= 0.3 is 6.09 Å². The summed E-state index contributed by atoms with van der Waals surface area (Å²) in [5, 5.41) is 18.8. The number of rotatable bonds is 14. The van der Waals surface area contributed by atoms with Gasteiger partial charge in [-0.15, -0.1) is 11.3 Å². The number of aromatic nitrogens is 4. The van der Waals surface area contributed by atoms with E-state index in [1.807, 2.05) is 30.2 Å². The lowest BCUT2D eigenvalue weighted by Crippen LogP contribution is -2.47. The van der Waals surface area contributed by atoms with Gasteiger partial charge in [0, 0.05) is 33.0 Å². The molecule has 3 rings (SSSR count). The number of nitrogens with zero attached hydrogens (tertiary/aromatic N) is 5. The van der Waals surface area contributed by atoms with E-state index in [-0.39, 0.29) is 18.2 Å². The summed E-state index contributed by atoms with van der Waals surface area (Å²) in [5.74, 6) is 0.818. The van der Waals surface area contributed by atoms with Crippen molar-refractivity contribution in [3.05, 3.63) is 26.7 Å². The smallest absolute Gasteiger partial charge is 0.410 e. The Morgan fingerprint density at radius 1 is 1.21 bits per heavy atom. The first-order valence-corrected chi connectivity index (χ1v) is 20.7. The minimum Gasteiger partial charge on any atom is -0.444 e. The number of hydrogen-bond acceptors (Lipinski definition) is 9. The van der Waals surface area contributed by atoms with Crippen LogP contribution in [0.3, 0.4) is 0 Å². The fourth-order valence-corrected chi connectivity index (χ4v) is 6.90. The highest BCUT2D eigenvalue weighted by Gasteiger charge is 2.30. The molecule has 240 valence electrons. The lowest BCUT2D eigenvalue weighted by atomic mass is 10.1. The number of fused-ring (bicyclic) bond motifs is 1. The molecule has 10 nitrogen and oxygen atoms in total. The molecule has 0 radical (unpaired) electrons. The predicted octanol–water partition coefficient (Wildman–Crippen LogP) is 7.59. The minimum atomic E-state index is -1.20. The van der Waals surface area contributed by atoms with Crippen molar-refractivity contribution < 1.29 is 19.4 Å². The standard InChI is InChI=1S/C30H49IN6O4SSi/c1-11-19(2)36(29(39)41-30(5,6)7)20(3)12-13-23-25(31)27(33-18-40-14-15-43(8,9)10)37-26(35-23)22(16-34-37)24-17-32-28(42-24)21(4)38/h16-17,19-21,33,38H,11-15,18H2,1-10H3/t19-,20+,21?/m0/s1. The summed E-state index contributed by atoms with van der Waals surface area (Å²) >= 11 is 3.77. The van der Waals surface area contributed by atoms with Gasteiger partial charge in [0.2, 0.25) is 0 Å². The maximum atomic E-state index is 13.2. The Hall–Kier alpha value is -1.81. The molecular weight excluding hydrogens is 695 g/mol. The third-order valence-corrected chi connectivity index (χ3v) is 11.1. The number of hydrogen-bond donors (Lipinski definition) is 2. The molecule has 2 N–H and O–H groups in total. The van der Waals surface area contributed by atoms with E-state index in [9.17, 15) is 9.90 Å². The Morgan fingerprint density at radius 3 is 2.49 bits per heavy atom. The monoisotopic (exact) mass is 744 g/mol. The molecule has 0 aliphatic rings. The van der Waals surface area contributed by atoms with E-state index < -0.39 is 19.8 Å². The number of ether oxygens (including phenoxy) is 2. The van der Waals surface area contributed by atoms with Crippen LogP contribution in [0.4, 0.5) is 10.6 Å². The lowest BCUT2D eigenvalue weighted by Gasteiger charge is -2.35. The second kappa shape index (κ2) is 15.0. The topological polar surface area (TPSA) is 114 Å². The minimum absolute atomic E-state index is 0.0424. The molecule has 43 heavy (non-hydrogen) atoms. The van der Waals surface area contributed by atoms with Crippen molar-refractivity contribution in [3.63, 3.8) is 0 Å². The molecule has 1 amide bonds. The van der Waals surface area contributed by atoms with Crippen LogP contribution in [0.5, 0.6) is 0 Å². The van der Waals surface area contributed by atoms with Crippen molar-refractivity contribution in [1.82, 2.24) is 24.5 Å². The van der Waals surface area contributed by atoms with E-state index in [1.165, 1.54) is 11.3 Å². The Bertz CT molecular complexity index is 1370. The Labute approximate surface area is 275 Å². The molecule has 0 fully saturated rings. The maximum Gasteiger partial charge on any atom is 0.410 e. The van der Waals surface area contributed by atoms with Crippen LogP contribution in [0.25, 0.3) is 16.1 Å². The summed E-state index contributed by atoms with van der Waals surface area (Å²) in [6.45, 7) is 21.7. The van der Waals surface area contributed by atoms with E-state index in [0.717, 1.165) is 38.0 Å². The lowest BCUT2D eigenvalue weighted by molar-refractivity contribution is 0.00726. The van der Waals surface area contributed by atoms with Gasteiger partial charge in [-0.2, -0.15) is 9.61 Å². The number of aryl methyl sites for hydroxylation is 1. The van der Waals surface area contributed by atoms with Crippen LogP contribution in [0.15, 0.2) is 12.4 Å². The molecule has 3 atom stereocenters. The molecule has 1 unspecified atom stereocenters. The van der Waals surface area contributed by atoms with E-state index in [0.29, 0.717) is 36.8 Å². The normalized spacial score (nSPS) is 14.5. The van der Waals surface area contributed by atoms with Crippen molar-refractivity contribution in [1.29, 1.82) is 0 Å². The van der Waals surface area contributed by atoms with Gasteiger partial charge in [-0.1, -0.05) is 26.6 Å². The van der Waals surface area contributed by atoms with E-state index in [2.05, 4.69) is 78.4 Å². The molecule has 0 aliphatic carbocycles. The summed E-state index contributed by atoms with van der Waals surface area (Å²) < 4.78 is 14.5. The molecule has 3 heterocycles. The van der Waals surface area contributed by atoms with E-state index >= 15 is 0 Å². The highest BCUT2D eigenvalue weighted by atomic mass is 127. The Kier molecular flexibility index (Phi) is 12.4. The molecule has 0 aromatic carbocycles. The van der Waals surface area contributed by atoms with Gasteiger partial charge in [-0.05, 0) is 89.4 Å². The summed E-state index contributed by atoms with van der Waals surface area (Å²) in [4.78, 5) is 25.4. The van der Waals surface area contributed by atoms with Crippen LogP contribution in [-0.4, -0.2) is 74.8 Å². The quantitative estimate of drug-likeness (QED) is 0.0752.